The zero-order valence-corrected chi connectivity index (χ0v) is 17.3. The standard InChI is InChI=1S/C17H20BrN3O3S2/c18-15-3-4-17(25-15)26(23,24)21-8-5-13(6-9-21)10-16(22)20-12-14-2-1-7-19-11-14/h1-4,7,11,13H,5-6,8-10,12H2,(H,20,22). The van der Waals surface area contributed by atoms with Gasteiger partial charge in [0.2, 0.25) is 5.91 Å². The molecule has 1 saturated heterocycles. The van der Waals surface area contributed by atoms with Gasteiger partial charge in [0.15, 0.2) is 0 Å². The summed E-state index contributed by atoms with van der Waals surface area (Å²) >= 11 is 4.53. The van der Waals surface area contributed by atoms with Crippen molar-refractivity contribution in [2.45, 2.75) is 30.0 Å². The van der Waals surface area contributed by atoms with Crippen LogP contribution in [0.5, 0.6) is 0 Å². The van der Waals surface area contributed by atoms with E-state index in [2.05, 4.69) is 26.2 Å². The number of hydrogen-bond acceptors (Lipinski definition) is 5. The Bertz CT molecular complexity index is 847. The minimum absolute atomic E-state index is 0.00246. The third-order valence-electron chi connectivity index (χ3n) is 4.40. The average Bonchev–Trinajstić information content (AvgIpc) is 3.09. The number of sulfonamides is 1. The molecule has 0 unspecified atom stereocenters. The Kier molecular flexibility index (Phi) is 6.44. The van der Waals surface area contributed by atoms with E-state index in [0.29, 0.717) is 43.1 Å². The maximum atomic E-state index is 12.6. The lowest BCUT2D eigenvalue weighted by atomic mass is 9.94. The second-order valence-electron chi connectivity index (χ2n) is 6.25. The lowest BCUT2D eigenvalue weighted by Gasteiger charge is -2.30. The number of piperidine rings is 1. The minimum atomic E-state index is -3.42. The molecule has 0 saturated carbocycles. The van der Waals surface area contributed by atoms with Gasteiger partial charge < -0.3 is 5.32 Å². The van der Waals surface area contributed by atoms with Crippen molar-refractivity contribution in [3.8, 4) is 0 Å². The topological polar surface area (TPSA) is 79.4 Å². The molecule has 2 aromatic heterocycles. The fourth-order valence-corrected chi connectivity index (χ4v) is 6.59. The summed E-state index contributed by atoms with van der Waals surface area (Å²) < 4.78 is 27.9. The monoisotopic (exact) mass is 457 g/mol. The molecule has 9 heteroatoms. The number of nitrogens with one attached hydrogen (secondary N) is 1. The maximum absolute atomic E-state index is 12.6. The summed E-state index contributed by atoms with van der Waals surface area (Å²) in [6.45, 7) is 1.38. The van der Waals surface area contributed by atoms with E-state index in [-0.39, 0.29) is 11.8 Å². The van der Waals surface area contributed by atoms with Crippen LogP contribution in [-0.2, 0) is 21.4 Å². The van der Waals surface area contributed by atoms with Gasteiger partial charge in [0.1, 0.15) is 4.21 Å². The number of thiophene rings is 1. The van der Waals surface area contributed by atoms with Crippen LogP contribution in [-0.4, -0.2) is 36.7 Å². The second kappa shape index (κ2) is 8.60. The van der Waals surface area contributed by atoms with Crippen LogP contribution in [0.2, 0.25) is 0 Å². The third-order valence-corrected chi connectivity index (χ3v) is 8.39. The number of nitrogens with zero attached hydrogens (tertiary/aromatic N) is 2. The van der Waals surface area contributed by atoms with Crippen molar-refractivity contribution in [3.63, 3.8) is 0 Å². The molecule has 0 atom stereocenters. The Morgan fingerprint density at radius 3 is 2.69 bits per heavy atom. The molecule has 3 rings (SSSR count). The fourth-order valence-electron chi connectivity index (χ4n) is 2.96. The van der Waals surface area contributed by atoms with Crippen LogP contribution >= 0.6 is 27.3 Å². The first-order valence-electron chi connectivity index (χ1n) is 8.36. The Morgan fingerprint density at radius 2 is 2.08 bits per heavy atom. The van der Waals surface area contributed by atoms with Crippen molar-refractivity contribution >= 4 is 43.2 Å². The van der Waals surface area contributed by atoms with Crippen LogP contribution in [0.4, 0.5) is 0 Å². The Labute approximate surface area is 165 Å². The fraction of sp³-hybridized carbons (Fsp3) is 0.412. The lowest BCUT2D eigenvalue weighted by molar-refractivity contribution is -0.122. The summed E-state index contributed by atoms with van der Waals surface area (Å²) in [5, 5.41) is 2.90. The van der Waals surface area contributed by atoms with Crippen LogP contribution in [0.25, 0.3) is 0 Å². The highest BCUT2D eigenvalue weighted by Gasteiger charge is 2.31. The first kappa shape index (κ1) is 19.5. The average molecular weight is 458 g/mol. The highest BCUT2D eigenvalue weighted by molar-refractivity contribution is 9.11. The van der Waals surface area contributed by atoms with Gasteiger partial charge in [-0.25, -0.2) is 8.42 Å². The Hall–Kier alpha value is -1.29. The highest BCUT2D eigenvalue weighted by atomic mass is 79.9. The Morgan fingerprint density at radius 1 is 1.31 bits per heavy atom. The molecule has 1 aliphatic heterocycles. The van der Waals surface area contributed by atoms with Crippen LogP contribution in [0.3, 0.4) is 0 Å². The summed E-state index contributed by atoms with van der Waals surface area (Å²) in [5.74, 6) is 0.211. The normalized spacial score (nSPS) is 16.5. The summed E-state index contributed by atoms with van der Waals surface area (Å²) in [4.78, 5) is 16.1. The largest absolute Gasteiger partial charge is 0.352 e. The van der Waals surface area contributed by atoms with Crippen LogP contribution in [0.15, 0.2) is 44.7 Å². The SMILES string of the molecule is O=C(CC1CCN(S(=O)(=O)c2ccc(Br)s2)CC1)NCc1cccnc1. The highest BCUT2D eigenvalue weighted by Crippen LogP contribution is 2.31. The molecule has 2 aromatic rings. The molecule has 6 nitrogen and oxygen atoms in total. The van der Waals surface area contributed by atoms with Gasteiger partial charge in [-0.05, 0) is 58.5 Å². The van der Waals surface area contributed by atoms with Crippen molar-refractivity contribution in [2.75, 3.05) is 13.1 Å². The van der Waals surface area contributed by atoms with Gasteiger partial charge in [-0.3, -0.25) is 9.78 Å². The van der Waals surface area contributed by atoms with Crippen LogP contribution < -0.4 is 5.32 Å². The maximum Gasteiger partial charge on any atom is 0.252 e. The lowest BCUT2D eigenvalue weighted by Crippen LogP contribution is -2.39. The number of halogens is 1. The van der Waals surface area contributed by atoms with Gasteiger partial charge in [0.25, 0.3) is 10.0 Å². The van der Waals surface area contributed by atoms with Gasteiger partial charge in [0.05, 0.1) is 3.79 Å². The molecule has 0 aliphatic carbocycles. The molecule has 1 fully saturated rings. The van der Waals surface area contributed by atoms with Crippen molar-refractivity contribution in [2.24, 2.45) is 5.92 Å². The summed E-state index contributed by atoms with van der Waals surface area (Å²) in [5.41, 5.74) is 0.962. The number of hydrogen-bond donors (Lipinski definition) is 1. The molecule has 0 aromatic carbocycles. The number of amides is 1. The van der Waals surface area contributed by atoms with Crippen molar-refractivity contribution in [1.82, 2.24) is 14.6 Å². The van der Waals surface area contributed by atoms with E-state index >= 15 is 0 Å². The Balaban J connectivity index is 1.47. The number of rotatable bonds is 6. The first-order chi connectivity index (χ1) is 12.4. The number of carbonyl (C=O) groups is 1. The molecule has 3 heterocycles. The molecule has 1 N–H and O–H groups in total. The van der Waals surface area contributed by atoms with E-state index in [4.69, 9.17) is 0 Å². The number of pyridine rings is 1. The van der Waals surface area contributed by atoms with Crippen LogP contribution in [0.1, 0.15) is 24.8 Å². The second-order valence-corrected chi connectivity index (χ2v) is 10.9. The molecule has 0 bridgehead atoms. The molecule has 140 valence electrons. The summed E-state index contributed by atoms with van der Waals surface area (Å²) in [7, 11) is -3.42. The molecule has 26 heavy (non-hydrogen) atoms. The van der Waals surface area contributed by atoms with Gasteiger partial charge >= 0.3 is 0 Å². The quantitative estimate of drug-likeness (QED) is 0.722. The van der Waals surface area contributed by atoms with Crippen LogP contribution in [0, 0.1) is 5.92 Å². The third kappa shape index (κ3) is 4.91. The molecule has 0 spiro atoms. The van der Waals surface area contributed by atoms with E-state index < -0.39 is 10.0 Å². The van der Waals surface area contributed by atoms with E-state index in [1.54, 1.807) is 24.5 Å². The summed E-state index contributed by atoms with van der Waals surface area (Å²) in [6.07, 6.45) is 5.26. The smallest absolute Gasteiger partial charge is 0.252 e. The zero-order valence-electron chi connectivity index (χ0n) is 14.1. The molecule has 1 amide bonds. The molecular formula is C17H20BrN3O3S2. The van der Waals surface area contributed by atoms with Gasteiger partial charge in [-0.1, -0.05) is 6.07 Å². The van der Waals surface area contributed by atoms with Crippen molar-refractivity contribution in [3.05, 3.63) is 46.0 Å². The number of aromatic nitrogens is 1. The van der Waals surface area contributed by atoms with E-state index in [0.717, 1.165) is 9.35 Å². The van der Waals surface area contributed by atoms with Crippen molar-refractivity contribution < 1.29 is 13.2 Å². The predicted octanol–water partition coefficient (Wildman–Crippen LogP) is 3.01. The zero-order chi connectivity index (χ0) is 18.6. The van der Waals surface area contributed by atoms with E-state index in [1.807, 2.05) is 12.1 Å². The minimum Gasteiger partial charge on any atom is -0.352 e. The number of carbonyl (C=O) groups excluding carboxylic acids is 1. The summed E-state index contributed by atoms with van der Waals surface area (Å²) in [6, 6.07) is 7.13. The first-order valence-corrected chi connectivity index (χ1v) is 11.4. The molecule has 1 aliphatic rings. The van der Waals surface area contributed by atoms with Crippen molar-refractivity contribution in [1.29, 1.82) is 0 Å². The van der Waals surface area contributed by atoms with E-state index in [1.165, 1.54) is 15.6 Å². The van der Waals surface area contributed by atoms with Gasteiger partial charge in [0, 0.05) is 38.4 Å². The van der Waals surface area contributed by atoms with E-state index in [9.17, 15) is 13.2 Å². The molecule has 0 radical (unpaired) electrons. The van der Waals surface area contributed by atoms with Gasteiger partial charge in [-0.15, -0.1) is 11.3 Å². The molecular weight excluding hydrogens is 438 g/mol. The predicted molar refractivity (Wildman–Crippen MR) is 104 cm³/mol. The van der Waals surface area contributed by atoms with Gasteiger partial charge in [-0.2, -0.15) is 4.31 Å².